The number of piperazine rings is 1. The van der Waals surface area contributed by atoms with Gasteiger partial charge >= 0.3 is 0 Å². The Hall–Kier alpha value is 0.400. The summed E-state index contributed by atoms with van der Waals surface area (Å²) in [4.78, 5) is 5.41. The molecule has 3 aliphatic rings. The van der Waals surface area contributed by atoms with E-state index in [9.17, 15) is 0 Å². The van der Waals surface area contributed by atoms with Crippen molar-refractivity contribution >= 4 is 15.9 Å². The zero-order valence-corrected chi connectivity index (χ0v) is 11.7. The van der Waals surface area contributed by atoms with Crippen molar-refractivity contribution < 1.29 is 0 Å². The molecule has 0 N–H and O–H groups in total. The van der Waals surface area contributed by atoms with Crippen LogP contribution < -0.4 is 0 Å². The largest absolute Gasteiger partial charge is 0.300 e. The Labute approximate surface area is 107 Å². The van der Waals surface area contributed by atoms with Gasteiger partial charge < -0.3 is 4.90 Å². The molecule has 0 aromatic heterocycles. The first-order valence-corrected chi connectivity index (χ1v) is 7.96. The monoisotopic (exact) mass is 286 g/mol. The molecule has 3 fully saturated rings. The molecule has 3 rings (SSSR count). The lowest BCUT2D eigenvalue weighted by atomic mass is 9.70. The standard InChI is InChI=1S/C13H23BrN2/c14-10-13(4-1-5-13)11-15-6-8-16(9-7-15)12-2-3-12/h12H,1-11H2. The van der Waals surface area contributed by atoms with Crippen molar-refractivity contribution in [2.24, 2.45) is 5.41 Å². The van der Waals surface area contributed by atoms with Gasteiger partial charge in [0, 0.05) is 44.1 Å². The lowest BCUT2D eigenvalue weighted by molar-refractivity contribution is 0.0522. The van der Waals surface area contributed by atoms with E-state index in [2.05, 4.69) is 25.7 Å². The van der Waals surface area contributed by atoms with Crippen LogP contribution in [0.3, 0.4) is 0 Å². The summed E-state index contributed by atoms with van der Waals surface area (Å²) in [5.74, 6) is 0. The fraction of sp³-hybridized carbons (Fsp3) is 1.00. The zero-order valence-electron chi connectivity index (χ0n) is 10.1. The van der Waals surface area contributed by atoms with Gasteiger partial charge in [-0.3, -0.25) is 4.90 Å². The van der Waals surface area contributed by atoms with Crippen LogP contribution in [0.2, 0.25) is 0 Å². The van der Waals surface area contributed by atoms with Crippen molar-refractivity contribution in [3.05, 3.63) is 0 Å². The van der Waals surface area contributed by atoms with E-state index in [1.807, 2.05) is 0 Å². The Morgan fingerprint density at radius 1 is 1.06 bits per heavy atom. The highest BCUT2D eigenvalue weighted by Gasteiger charge is 2.39. The van der Waals surface area contributed by atoms with Gasteiger partial charge in [-0.15, -0.1) is 0 Å². The molecule has 0 spiro atoms. The maximum atomic E-state index is 3.72. The first-order valence-electron chi connectivity index (χ1n) is 6.84. The lowest BCUT2D eigenvalue weighted by Gasteiger charge is -2.46. The van der Waals surface area contributed by atoms with Crippen LogP contribution in [-0.4, -0.2) is 53.9 Å². The lowest BCUT2D eigenvalue weighted by Crippen LogP contribution is -2.52. The van der Waals surface area contributed by atoms with Crippen LogP contribution >= 0.6 is 15.9 Å². The molecule has 0 bridgehead atoms. The molecule has 0 aromatic rings. The Morgan fingerprint density at radius 2 is 1.75 bits per heavy atom. The van der Waals surface area contributed by atoms with Crippen LogP contribution in [0.4, 0.5) is 0 Å². The minimum Gasteiger partial charge on any atom is -0.300 e. The number of hydrogen-bond acceptors (Lipinski definition) is 2. The fourth-order valence-corrected chi connectivity index (χ4v) is 3.95. The van der Waals surface area contributed by atoms with Crippen molar-refractivity contribution in [1.29, 1.82) is 0 Å². The maximum Gasteiger partial charge on any atom is 0.0113 e. The summed E-state index contributed by atoms with van der Waals surface area (Å²) < 4.78 is 0. The molecule has 0 unspecified atom stereocenters. The smallest absolute Gasteiger partial charge is 0.0113 e. The third-order valence-corrected chi connectivity index (χ3v) is 5.92. The van der Waals surface area contributed by atoms with E-state index in [0.717, 1.165) is 6.04 Å². The van der Waals surface area contributed by atoms with Gasteiger partial charge in [-0.25, -0.2) is 0 Å². The van der Waals surface area contributed by atoms with Gasteiger partial charge in [-0.05, 0) is 31.1 Å². The first-order chi connectivity index (χ1) is 7.81. The second-order valence-electron chi connectivity index (χ2n) is 6.03. The van der Waals surface area contributed by atoms with E-state index in [-0.39, 0.29) is 0 Å². The average molecular weight is 287 g/mol. The first kappa shape index (κ1) is 11.5. The fourth-order valence-electron chi connectivity index (χ4n) is 3.21. The number of rotatable bonds is 4. The van der Waals surface area contributed by atoms with Crippen molar-refractivity contribution in [3.8, 4) is 0 Å². The van der Waals surface area contributed by atoms with Gasteiger partial charge in [0.05, 0.1) is 0 Å². The average Bonchev–Trinajstić information content (AvgIpc) is 3.08. The highest BCUT2D eigenvalue weighted by molar-refractivity contribution is 9.09. The van der Waals surface area contributed by atoms with Crippen LogP contribution in [-0.2, 0) is 0 Å². The number of hydrogen-bond donors (Lipinski definition) is 0. The van der Waals surface area contributed by atoms with Crippen LogP contribution in [0.25, 0.3) is 0 Å². The normalized spacial score (nSPS) is 31.3. The molecule has 16 heavy (non-hydrogen) atoms. The van der Waals surface area contributed by atoms with Gasteiger partial charge in [0.25, 0.3) is 0 Å². The summed E-state index contributed by atoms with van der Waals surface area (Å²) in [5, 5.41) is 1.21. The van der Waals surface area contributed by atoms with Gasteiger partial charge in [0.1, 0.15) is 0 Å². The molecule has 2 nitrogen and oxygen atoms in total. The van der Waals surface area contributed by atoms with Crippen LogP contribution in [0.5, 0.6) is 0 Å². The van der Waals surface area contributed by atoms with Crippen molar-refractivity contribution in [2.45, 2.75) is 38.1 Å². The molecule has 92 valence electrons. The molecular weight excluding hydrogens is 264 g/mol. The summed E-state index contributed by atoms with van der Waals surface area (Å²) >= 11 is 3.72. The summed E-state index contributed by atoms with van der Waals surface area (Å²) in [6.07, 6.45) is 7.27. The number of halogens is 1. The minimum atomic E-state index is 0.641. The summed E-state index contributed by atoms with van der Waals surface area (Å²) in [7, 11) is 0. The highest BCUT2D eigenvalue weighted by atomic mass is 79.9. The molecule has 0 aromatic carbocycles. The van der Waals surface area contributed by atoms with Gasteiger partial charge in [0.2, 0.25) is 0 Å². The second kappa shape index (κ2) is 4.58. The van der Waals surface area contributed by atoms with E-state index >= 15 is 0 Å². The topological polar surface area (TPSA) is 6.48 Å². The van der Waals surface area contributed by atoms with Crippen molar-refractivity contribution in [2.75, 3.05) is 38.1 Å². The zero-order chi connectivity index (χ0) is 11.0. The Balaban J connectivity index is 1.46. The van der Waals surface area contributed by atoms with Crippen molar-refractivity contribution in [1.82, 2.24) is 9.80 Å². The summed E-state index contributed by atoms with van der Waals surface area (Å²) in [6.45, 7) is 6.61. The quantitative estimate of drug-likeness (QED) is 0.732. The van der Waals surface area contributed by atoms with E-state index in [1.54, 1.807) is 0 Å². The molecule has 2 saturated carbocycles. The molecule has 2 aliphatic carbocycles. The molecule has 3 heteroatoms. The van der Waals surface area contributed by atoms with E-state index in [0.29, 0.717) is 5.41 Å². The second-order valence-corrected chi connectivity index (χ2v) is 6.59. The number of alkyl halides is 1. The van der Waals surface area contributed by atoms with E-state index in [4.69, 9.17) is 0 Å². The predicted octanol–water partition coefficient (Wildman–Crippen LogP) is 2.33. The van der Waals surface area contributed by atoms with E-state index in [1.165, 1.54) is 70.2 Å². The molecule has 1 aliphatic heterocycles. The molecule has 0 radical (unpaired) electrons. The van der Waals surface area contributed by atoms with Crippen LogP contribution in [0.1, 0.15) is 32.1 Å². The van der Waals surface area contributed by atoms with E-state index < -0.39 is 0 Å². The highest BCUT2D eigenvalue weighted by Crippen LogP contribution is 2.43. The van der Waals surface area contributed by atoms with Gasteiger partial charge in [-0.1, -0.05) is 22.4 Å². The summed E-state index contributed by atoms with van der Waals surface area (Å²) in [6, 6.07) is 0.969. The summed E-state index contributed by atoms with van der Waals surface area (Å²) in [5.41, 5.74) is 0.641. The minimum absolute atomic E-state index is 0.641. The van der Waals surface area contributed by atoms with Crippen LogP contribution in [0.15, 0.2) is 0 Å². The molecule has 1 heterocycles. The van der Waals surface area contributed by atoms with Gasteiger partial charge in [0.15, 0.2) is 0 Å². The molecule has 0 atom stereocenters. The van der Waals surface area contributed by atoms with Crippen LogP contribution in [0, 0.1) is 5.41 Å². The maximum absolute atomic E-state index is 3.72. The molecular formula is C13H23BrN2. The Bertz CT molecular complexity index is 235. The SMILES string of the molecule is BrCC1(CN2CCN(C3CC3)CC2)CCC1. The Morgan fingerprint density at radius 3 is 2.19 bits per heavy atom. The Kier molecular flexibility index (Phi) is 3.29. The third-order valence-electron chi connectivity index (χ3n) is 4.73. The predicted molar refractivity (Wildman–Crippen MR) is 71.1 cm³/mol. The molecule has 0 amide bonds. The number of nitrogens with zero attached hydrogens (tertiary/aromatic N) is 2. The van der Waals surface area contributed by atoms with Gasteiger partial charge in [-0.2, -0.15) is 0 Å². The molecule has 1 saturated heterocycles. The van der Waals surface area contributed by atoms with Crippen molar-refractivity contribution in [3.63, 3.8) is 0 Å². The third kappa shape index (κ3) is 2.32.